The van der Waals surface area contributed by atoms with Crippen molar-refractivity contribution in [3.05, 3.63) is 0 Å². The molecule has 1 amide bonds. The summed E-state index contributed by atoms with van der Waals surface area (Å²) in [4.78, 5) is 9.67. The third kappa shape index (κ3) is 3.99. The van der Waals surface area contributed by atoms with E-state index in [0.717, 1.165) is 0 Å². The summed E-state index contributed by atoms with van der Waals surface area (Å²) in [6, 6.07) is 0. The molecule has 0 spiro atoms. The molecule has 0 saturated heterocycles. The monoisotopic (exact) mass is 138 g/mol. The molecular weight excluding hydrogens is 133 g/mol. The van der Waals surface area contributed by atoms with Crippen LogP contribution >= 0.6 is 0 Å². The Kier molecular flexibility index (Phi) is 2.24. The van der Waals surface area contributed by atoms with Crippen LogP contribution < -0.4 is 4.33 Å². The van der Waals surface area contributed by atoms with Gasteiger partial charge in [-0.2, -0.15) is 0 Å². The van der Waals surface area contributed by atoms with Crippen LogP contribution in [0.4, 0.5) is 0 Å². The zero-order chi connectivity index (χ0) is 4.28. The predicted molar refractivity (Wildman–Crippen MR) is 19.6 cm³/mol. The topological polar surface area (TPSA) is 29.1 Å². The Morgan fingerprint density at radius 2 is 2.20 bits per heavy atom. The number of carbonyl (C=O) groups excluding carboxylic acids is 1. The number of nitrogens with one attached hydrogen (secondary N) is 1. The van der Waals surface area contributed by atoms with Crippen LogP contribution in [-0.4, -0.2) is 22.1 Å². The van der Waals surface area contributed by atoms with Crippen molar-refractivity contribution in [2.75, 3.05) is 0 Å². The second-order valence-corrected chi connectivity index (χ2v) is 1.09. The molecule has 0 atom stereocenters. The Labute approximate surface area is 39.0 Å². The van der Waals surface area contributed by atoms with Crippen LogP contribution in [-0.2, 0) is 4.79 Å². The van der Waals surface area contributed by atoms with Crippen LogP contribution in [0.15, 0.2) is 0 Å². The minimum atomic E-state index is -0.0509. The Balaban J connectivity index is 2.85. The van der Waals surface area contributed by atoms with E-state index in [-0.39, 0.29) is 5.91 Å². The molecule has 3 heteroatoms. The number of hydrogen-bond donors (Lipinski definition) is 1. The van der Waals surface area contributed by atoms with Gasteiger partial charge in [0.1, 0.15) is 0 Å². The van der Waals surface area contributed by atoms with Crippen LogP contribution in [0.5, 0.6) is 0 Å². The minimum absolute atomic E-state index is 0.0509. The van der Waals surface area contributed by atoms with Gasteiger partial charge in [-0.1, -0.05) is 0 Å². The molecule has 0 aliphatic rings. The number of amides is 1. The van der Waals surface area contributed by atoms with Gasteiger partial charge in [0.25, 0.3) is 0 Å². The van der Waals surface area contributed by atoms with Gasteiger partial charge in [0, 0.05) is 0 Å². The molecule has 0 rings (SSSR count). The van der Waals surface area contributed by atoms with E-state index in [4.69, 9.17) is 0 Å². The molecule has 1 radical (unpaired) electrons. The molecule has 0 aromatic heterocycles. The van der Waals surface area contributed by atoms with Gasteiger partial charge in [-0.25, -0.2) is 0 Å². The van der Waals surface area contributed by atoms with Gasteiger partial charge in [-0.3, -0.25) is 0 Å². The molecule has 0 aliphatic carbocycles. The van der Waals surface area contributed by atoms with Gasteiger partial charge >= 0.3 is 38.2 Å². The van der Waals surface area contributed by atoms with Crippen LogP contribution in [0, 0.1) is 0 Å². The Bertz CT molecular complexity index is 44.9. The fourth-order valence-corrected chi connectivity index (χ4v) is 0. The van der Waals surface area contributed by atoms with Crippen molar-refractivity contribution in [3.63, 3.8) is 0 Å². The van der Waals surface area contributed by atoms with Crippen molar-refractivity contribution in [1.82, 2.24) is 4.33 Å². The first-order chi connectivity index (χ1) is 2.27. The summed E-state index contributed by atoms with van der Waals surface area (Å²) in [7, 11) is 0. The second-order valence-electron chi connectivity index (χ2n) is 0.658. The summed E-state index contributed by atoms with van der Waals surface area (Å²) >= 11 is 2.34. The van der Waals surface area contributed by atoms with E-state index < -0.39 is 0 Å². The van der Waals surface area contributed by atoms with E-state index in [1.165, 1.54) is 6.92 Å². The van der Waals surface area contributed by atoms with Crippen molar-refractivity contribution in [1.29, 1.82) is 0 Å². The second kappa shape index (κ2) is 2.24. The molecule has 1 N–H and O–H groups in total. The molecule has 2 nitrogen and oxygen atoms in total. The first kappa shape index (κ1) is 4.99. The van der Waals surface area contributed by atoms with Crippen LogP contribution in [0.3, 0.4) is 0 Å². The van der Waals surface area contributed by atoms with Crippen molar-refractivity contribution >= 4 is 22.1 Å². The summed E-state index contributed by atoms with van der Waals surface area (Å²) in [6.07, 6.45) is 0. The summed E-state index contributed by atoms with van der Waals surface area (Å²) in [6.45, 7) is 1.44. The van der Waals surface area contributed by atoms with E-state index in [1.54, 1.807) is 0 Å². The summed E-state index contributed by atoms with van der Waals surface area (Å²) in [5.41, 5.74) is 0. The van der Waals surface area contributed by atoms with E-state index in [2.05, 4.69) is 20.6 Å². The fraction of sp³-hybridized carbons (Fsp3) is 0.500. The van der Waals surface area contributed by atoms with Gasteiger partial charge in [-0.05, 0) is 0 Å². The number of rotatable bonds is 0. The molecule has 29 valence electrons. The first-order valence-electron chi connectivity index (χ1n) is 1.16. The zero-order valence-corrected chi connectivity index (χ0v) is 4.53. The first-order valence-corrected chi connectivity index (χ1v) is 2.01. The molecule has 0 fully saturated rings. The molecule has 5 heavy (non-hydrogen) atoms. The zero-order valence-electron chi connectivity index (χ0n) is 2.82. The van der Waals surface area contributed by atoms with Crippen molar-refractivity contribution in [2.45, 2.75) is 6.92 Å². The van der Waals surface area contributed by atoms with Crippen molar-refractivity contribution < 1.29 is 4.79 Å². The molecule has 0 unspecified atom stereocenters. The van der Waals surface area contributed by atoms with Gasteiger partial charge < -0.3 is 0 Å². The third-order valence-electron chi connectivity index (χ3n) is 0.144. The Morgan fingerprint density at radius 1 is 2.00 bits per heavy atom. The van der Waals surface area contributed by atoms with E-state index in [0.29, 0.717) is 0 Å². The van der Waals surface area contributed by atoms with E-state index in [1.807, 2.05) is 0 Å². The Hall–Kier alpha value is -0.0105. The molecule has 0 saturated carbocycles. The molecule has 0 aliphatic heterocycles. The third-order valence-corrected chi connectivity index (χ3v) is 0.747. The van der Waals surface area contributed by atoms with Gasteiger partial charge in [-0.15, -0.1) is 0 Å². The molecule has 0 aromatic rings. The molecule has 0 bridgehead atoms. The molecule has 0 heterocycles. The van der Waals surface area contributed by atoms with Gasteiger partial charge in [0.15, 0.2) is 0 Å². The van der Waals surface area contributed by atoms with E-state index >= 15 is 0 Å². The van der Waals surface area contributed by atoms with Gasteiger partial charge in [0.05, 0.1) is 0 Å². The number of carbonyl (C=O) groups is 1. The maximum absolute atomic E-state index is 9.67. The SMILES string of the molecule is CC(=O)N[Se]. The Morgan fingerprint density at radius 3 is 2.20 bits per heavy atom. The quantitative estimate of drug-likeness (QED) is 0.435. The fourth-order valence-electron chi connectivity index (χ4n) is 0. The van der Waals surface area contributed by atoms with Crippen LogP contribution in [0.1, 0.15) is 6.92 Å². The predicted octanol–water partition coefficient (Wildman–Crippen LogP) is -0.794. The van der Waals surface area contributed by atoms with Crippen LogP contribution in [0.2, 0.25) is 0 Å². The maximum atomic E-state index is 9.67. The summed E-state index contributed by atoms with van der Waals surface area (Å²) < 4.78 is 2.26. The van der Waals surface area contributed by atoms with Crippen molar-refractivity contribution in [2.24, 2.45) is 0 Å². The van der Waals surface area contributed by atoms with Crippen molar-refractivity contribution in [3.8, 4) is 0 Å². The molecular formula is C2H4NOSe. The number of hydrogen-bond acceptors (Lipinski definition) is 1. The van der Waals surface area contributed by atoms with Crippen LogP contribution in [0.25, 0.3) is 0 Å². The average molecular weight is 137 g/mol. The normalized spacial score (nSPS) is 6.80. The summed E-state index contributed by atoms with van der Waals surface area (Å²) in [5.74, 6) is -0.0509. The average Bonchev–Trinajstić information content (AvgIpc) is 1.38. The summed E-state index contributed by atoms with van der Waals surface area (Å²) in [5, 5.41) is 0. The molecule has 0 aromatic carbocycles. The standard InChI is InChI=1S/C2H4NOSe/c1-2(4)3-5/h1H3,(H,3,4). The van der Waals surface area contributed by atoms with E-state index in [9.17, 15) is 4.79 Å². The van der Waals surface area contributed by atoms with Gasteiger partial charge in [0.2, 0.25) is 0 Å².